The maximum Gasteiger partial charge on any atom is 0.229 e. The fraction of sp³-hybridized carbons (Fsp3) is 0.273. The summed E-state index contributed by atoms with van der Waals surface area (Å²) in [4.78, 5) is 0. The molecule has 0 bridgehead atoms. The normalized spacial score (nSPS) is 12.3. The zero-order valence-corrected chi connectivity index (χ0v) is 12.3. The Morgan fingerprint density at radius 3 is 2.67 bits per heavy atom. The molecule has 0 fully saturated rings. The third kappa shape index (κ3) is 5.62. The monoisotopic (exact) mass is 308 g/mol. The summed E-state index contributed by atoms with van der Waals surface area (Å²) in [6.07, 6.45) is 2.88. The largest absolute Gasteiger partial charge is 0.380 e. The van der Waals surface area contributed by atoms with Gasteiger partial charge in [0.1, 0.15) is 0 Å². The van der Waals surface area contributed by atoms with Crippen LogP contribution in [0, 0.1) is 0 Å². The Kier molecular flexibility index (Phi) is 5.31. The average molecular weight is 309 g/mol. The number of rotatable bonds is 5. The van der Waals surface area contributed by atoms with E-state index in [0.717, 1.165) is 6.26 Å². The summed E-state index contributed by atoms with van der Waals surface area (Å²) in [5.41, 5.74) is 1.09. The summed E-state index contributed by atoms with van der Waals surface area (Å²) in [6.45, 7) is 2.28. The first-order valence-electron chi connectivity index (χ1n) is 5.11. The smallest absolute Gasteiger partial charge is 0.229 e. The molecule has 0 aliphatic heterocycles. The van der Waals surface area contributed by atoms with Crippen molar-refractivity contribution in [2.24, 2.45) is 0 Å². The molecule has 0 spiro atoms. The van der Waals surface area contributed by atoms with Gasteiger partial charge in [0.15, 0.2) is 0 Å². The van der Waals surface area contributed by atoms with Crippen molar-refractivity contribution in [3.8, 4) is 0 Å². The van der Waals surface area contributed by atoms with Crippen LogP contribution >= 0.6 is 23.2 Å². The van der Waals surface area contributed by atoms with Gasteiger partial charge >= 0.3 is 0 Å². The molecule has 0 saturated carbocycles. The van der Waals surface area contributed by atoms with Gasteiger partial charge in [0.05, 0.1) is 22.7 Å². The van der Waals surface area contributed by atoms with Crippen LogP contribution in [0.4, 0.5) is 11.4 Å². The molecule has 100 valence electrons. The Balaban J connectivity index is 2.84. The molecule has 0 aliphatic rings. The molecule has 0 amide bonds. The maximum absolute atomic E-state index is 11.1. The van der Waals surface area contributed by atoms with Gasteiger partial charge in [-0.05, 0) is 25.1 Å². The minimum atomic E-state index is -3.29. The first-order valence-corrected chi connectivity index (χ1v) is 7.76. The molecule has 18 heavy (non-hydrogen) atoms. The fourth-order valence-electron chi connectivity index (χ4n) is 1.24. The van der Waals surface area contributed by atoms with E-state index in [9.17, 15) is 8.42 Å². The Morgan fingerprint density at radius 2 is 2.11 bits per heavy atom. The van der Waals surface area contributed by atoms with Crippen LogP contribution in [-0.2, 0) is 10.0 Å². The van der Waals surface area contributed by atoms with Crippen molar-refractivity contribution in [1.29, 1.82) is 0 Å². The maximum atomic E-state index is 11.1. The highest BCUT2D eigenvalue weighted by Crippen LogP contribution is 2.25. The first-order chi connectivity index (χ1) is 8.28. The van der Waals surface area contributed by atoms with Crippen molar-refractivity contribution >= 4 is 44.6 Å². The van der Waals surface area contributed by atoms with Gasteiger partial charge in [0.25, 0.3) is 0 Å². The lowest BCUT2D eigenvalue weighted by molar-refractivity contribution is 0.607. The van der Waals surface area contributed by atoms with Gasteiger partial charge in [-0.2, -0.15) is 0 Å². The zero-order valence-electron chi connectivity index (χ0n) is 10.00. The van der Waals surface area contributed by atoms with Crippen LogP contribution < -0.4 is 10.0 Å². The standard InChI is InChI=1S/C11H14Cl2N2O2S/c1-8(12)5-6-14-11-7-9(3-4-10(11)13)15-18(2,16)17/h3-5,7,14-15H,6H2,1-2H3. The van der Waals surface area contributed by atoms with E-state index in [0.29, 0.717) is 28.0 Å². The van der Waals surface area contributed by atoms with Gasteiger partial charge in [-0.15, -0.1) is 0 Å². The zero-order chi connectivity index (χ0) is 13.8. The highest BCUT2D eigenvalue weighted by Gasteiger charge is 2.05. The summed E-state index contributed by atoms with van der Waals surface area (Å²) in [6, 6.07) is 4.84. The van der Waals surface area contributed by atoms with E-state index in [2.05, 4.69) is 10.0 Å². The molecule has 0 heterocycles. The average Bonchev–Trinajstić information content (AvgIpc) is 2.20. The second-order valence-electron chi connectivity index (χ2n) is 3.74. The summed E-state index contributed by atoms with van der Waals surface area (Å²) in [5.74, 6) is 0. The highest BCUT2D eigenvalue weighted by molar-refractivity contribution is 7.92. The number of nitrogens with one attached hydrogen (secondary N) is 2. The van der Waals surface area contributed by atoms with Gasteiger partial charge in [-0.25, -0.2) is 8.42 Å². The first kappa shape index (κ1) is 15.1. The van der Waals surface area contributed by atoms with Crippen molar-refractivity contribution < 1.29 is 8.42 Å². The third-order valence-corrected chi connectivity index (χ3v) is 3.04. The van der Waals surface area contributed by atoms with Crippen molar-refractivity contribution in [1.82, 2.24) is 0 Å². The van der Waals surface area contributed by atoms with Gasteiger partial charge in [0.2, 0.25) is 10.0 Å². The van der Waals surface area contributed by atoms with Crippen LogP contribution in [0.3, 0.4) is 0 Å². The van der Waals surface area contributed by atoms with Gasteiger partial charge in [-0.1, -0.05) is 29.3 Å². The number of hydrogen-bond donors (Lipinski definition) is 2. The lowest BCUT2D eigenvalue weighted by Crippen LogP contribution is -2.10. The minimum absolute atomic E-state index is 0.455. The van der Waals surface area contributed by atoms with Crippen LogP contribution in [-0.4, -0.2) is 21.2 Å². The second-order valence-corrected chi connectivity index (χ2v) is 6.49. The third-order valence-electron chi connectivity index (χ3n) is 1.95. The lowest BCUT2D eigenvalue weighted by atomic mass is 10.3. The molecule has 0 aromatic heterocycles. The number of sulfonamides is 1. The van der Waals surface area contributed by atoms with E-state index >= 15 is 0 Å². The van der Waals surface area contributed by atoms with E-state index in [-0.39, 0.29) is 0 Å². The van der Waals surface area contributed by atoms with E-state index in [1.54, 1.807) is 31.2 Å². The van der Waals surface area contributed by atoms with Crippen molar-refractivity contribution in [3.05, 3.63) is 34.3 Å². The predicted molar refractivity (Wildman–Crippen MR) is 78.0 cm³/mol. The molecule has 0 aliphatic carbocycles. The Labute approximate surface area is 117 Å². The lowest BCUT2D eigenvalue weighted by Gasteiger charge is -2.10. The molecule has 0 unspecified atom stereocenters. The van der Waals surface area contributed by atoms with E-state index in [4.69, 9.17) is 23.2 Å². The molecule has 0 radical (unpaired) electrons. The highest BCUT2D eigenvalue weighted by atomic mass is 35.5. The Morgan fingerprint density at radius 1 is 1.44 bits per heavy atom. The molecule has 0 atom stereocenters. The van der Waals surface area contributed by atoms with Crippen molar-refractivity contribution in [2.75, 3.05) is 22.8 Å². The van der Waals surface area contributed by atoms with Gasteiger partial charge < -0.3 is 5.32 Å². The Bertz CT molecular complexity index is 552. The molecular weight excluding hydrogens is 295 g/mol. The summed E-state index contributed by atoms with van der Waals surface area (Å²) < 4.78 is 24.6. The molecule has 1 rings (SSSR count). The summed E-state index contributed by atoms with van der Waals surface area (Å²) >= 11 is 11.7. The topological polar surface area (TPSA) is 58.2 Å². The molecule has 1 aromatic carbocycles. The Hall–Kier alpha value is -0.910. The molecule has 7 heteroatoms. The summed E-state index contributed by atoms with van der Waals surface area (Å²) in [7, 11) is -3.29. The molecule has 2 N–H and O–H groups in total. The number of hydrogen-bond acceptors (Lipinski definition) is 3. The predicted octanol–water partition coefficient (Wildman–Crippen LogP) is 3.27. The number of benzene rings is 1. The molecule has 0 saturated heterocycles. The number of allylic oxidation sites excluding steroid dienone is 1. The van der Waals surface area contributed by atoms with Gasteiger partial charge in [-0.3, -0.25) is 4.72 Å². The van der Waals surface area contributed by atoms with Crippen molar-refractivity contribution in [3.63, 3.8) is 0 Å². The minimum Gasteiger partial charge on any atom is -0.380 e. The second kappa shape index (κ2) is 6.31. The van der Waals surface area contributed by atoms with Crippen LogP contribution in [0.5, 0.6) is 0 Å². The van der Waals surface area contributed by atoms with Crippen LogP contribution in [0.2, 0.25) is 5.02 Å². The fourth-order valence-corrected chi connectivity index (χ4v) is 2.06. The quantitative estimate of drug-likeness (QED) is 0.877. The number of halogens is 2. The van der Waals surface area contributed by atoms with Crippen LogP contribution in [0.15, 0.2) is 29.3 Å². The molecular formula is C11H14Cl2N2O2S. The van der Waals surface area contributed by atoms with E-state index < -0.39 is 10.0 Å². The number of anilines is 2. The van der Waals surface area contributed by atoms with Crippen LogP contribution in [0.1, 0.15) is 6.92 Å². The SMILES string of the molecule is CC(Cl)=CCNc1cc(NS(C)(=O)=O)ccc1Cl. The summed E-state index contributed by atoms with van der Waals surface area (Å²) in [5, 5.41) is 4.22. The van der Waals surface area contributed by atoms with Crippen LogP contribution in [0.25, 0.3) is 0 Å². The molecule has 1 aromatic rings. The van der Waals surface area contributed by atoms with E-state index in [1.165, 1.54) is 0 Å². The van der Waals surface area contributed by atoms with Gasteiger partial charge in [0, 0.05) is 11.6 Å². The molecule has 4 nitrogen and oxygen atoms in total. The van der Waals surface area contributed by atoms with Crippen molar-refractivity contribution in [2.45, 2.75) is 6.92 Å². The van der Waals surface area contributed by atoms with E-state index in [1.807, 2.05) is 0 Å².